The molecule has 6 nitrogen and oxygen atoms in total. The van der Waals surface area contributed by atoms with Crippen LogP contribution in [-0.4, -0.2) is 35.3 Å². The zero-order chi connectivity index (χ0) is 18.9. The highest BCUT2D eigenvalue weighted by molar-refractivity contribution is 6.09. The van der Waals surface area contributed by atoms with E-state index in [1.165, 1.54) is 0 Å². The highest BCUT2D eigenvalue weighted by Crippen LogP contribution is 2.33. The van der Waals surface area contributed by atoms with E-state index in [2.05, 4.69) is 10.6 Å². The van der Waals surface area contributed by atoms with Crippen LogP contribution < -0.4 is 10.6 Å². The first-order valence-electron chi connectivity index (χ1n) is 9.11. The molecule has 1 aliphatic heterocycles. The summed E-state index contributed by atoms with van der Waals surface area (Å²) in [6.45, 7) is -0.259. The smallest absolute Gasteiger partial charge is 0.325 e. The molecule has 2 N–H and O–H groups in total. The van der Waals surface area contributed by atoms with Gasteiger partial charge < -0.3 is 10.6 Å². The lowest BCUT2D eigenvalue weighted by molar-refractivity contribution is -0.135. The van der Waals surface area contributed by atoms with Crippen LogP contribution in [0.15, 0.2) is 60.7 Å². The lowest BCUT2D eigenvalue weighted by Crippen LogP contribution is -2.47. The van der Waals surface area contributed by atoms with Crippen molar-refractivity contribution in [3.63, 3.8) is 0 Å². The average Bonchev–Trinajstić information content (AvgIpc) is 3.46. The van der Waals surface area contributed by atoms with Crippen molar-refractivity contribution >= 4 is 17.8 Å². The number of carbonyl (C=O) groups excluding carboxylic acids is 3. The SMILES string of the molecule is O=C(CN1C(=O)N[C@@](Cc2ccccc2)(c2ccccc2)C1=O)NC1CC1. The van der Waals surface area contributed by atoms with Crippen LogP contribution in [0.2, 0.25) is 0 Å². The van der Waals surface area contributed by atoms with E-state index < -0.39 is 17.5 Å². The van der Waals surface area contributed by atoms with Gasteiger partial charge in [0, 0.05) is 12.5 Å². The number of hydrogen-bond donors (Lipinski definition) is 2. The Balaban J connectivity index is 1.65. The van der Waals surface area contributed by atoms with Crippen molar-refractivity contribution in [3.8, 4) is 0 Å². The molecule has 1 heterocycles. The summed E-state index contributed by atoms with van der Waals surface area (Å²) >= 11 is 0. The van der Waals surface area contributed by atoms with Crippen LogP contribution in [0.4, 0.5) is 4.79 Å². The van der Waals surface area contributed by atoms with Gasteiger partial charge in [-0.15, -0.1) is 0 Å². The van der Waals surface area contributed by atoms with Gasteiger partial charge in [-0.3, -0.25) is 14.5 Å². The Kier molecular flexibility index (Phi) is 4.39. The fourth-order valence-corrected chi connectivity index (χ4v) is 3.46. The van der Waals surface area contributed by atoms with Crippen molar-refractivity contribution in [2.24, 2.45) is 0 Å². The Hall–Kier alpha value is -3.15. The number of nitrogens with one attached hydrogen (secondary N) is 2. The Labute approximate surface area is 157 Å². The number of hydrogen-bond acceptors (Lipinski definition) is 3. The van der Waals surface area contributed by atoms with Gasteiger partial charge in [0.05, 0.1) is 0 Å². The monoisotopic (exact) mass is 363 g/mol. The van der Waals surface area contributed by atoms with E-state index in [4.69, 9.17) is 0 Å². The summed E-state index contributed by atoms with van der Waals surface area (Å²) in [5, 5.41) is 5.69. The molecule has 1 aliphatic carbocycles. The molecule has 2 fully saturated rings. The van der Waals surface area contributed by atoms with Crippen molar-refractivity contribution < 1.29 is 14.4 Å². The van der Waals surface area contributed by atoms with E-state index in [1.807, 2.05) is 60.7 Å². The third-order valence-corrected chi connectivity index (χ3v) is 5.00. The molecule has 1 atom stereocenters. The van der Waals surface area contributed by atoms with Crippen LogP contribution in [0.25, 0.3) is 0 Å². The van der Waals surface area contributed by atoms with Gasteiger partial charge in [0.15, 0.2) is 5.54 Å². The van der Waals surface area contributed by atoms with Crippen LogP contribution in [0, 0.1) is 0 Å². The summed E-state index contributed by atoms with van der Waals surface area (Å²) in [5.41, 5.74) is 0.427. The Morgan fingerprint density at radius 2 is 1.67 bits per heavy atom. The Morgan fingerprint density at radius 1 is 1.04 bits per heavy atom. The van der Waals surface area contributed by atoms with E-state index >= 15 is 0 Å². The van der Waals surface area contributed by atoms with E-state index in [-0.39, 0.29) is 18.5 Å². The number of urea groups is 1. The number of amides is 4. The zero-order valence-corrected chi connectivity index (χ0v) is 14.9. The standard InChI is InChI=1S/C21H21N3O3/c25-18(22-17-11-12-17)14-24-19(26)21(23-20(24)27,16-9-5-2-6-10-16)13-15-7-3-1-4-8-15/h1-10,17H,11-14H2,(H,22,25)(H,23,27)/t21-/m0/s1. The van der Waals surface area contributed by atoms with E-state index in [0.29, 0.717) is 12.0 Å². The number of imide groups is 1. The quantitative estimate of drug-likeness (QED) is 0.770. The molecule has 2 aromatic carbocycles. The van der Waals surface area contributed by atoms with Crippen LogP contribution in [0.1, 0.15) is 24.0 Å². The molecule has 0 spiro atoms. The maximum Gasteiger partial charge on any atom is 0.325 e. The fraction of sp³-hybridized carbons (Fsp3) is 0.286. The highest BCUT2D eigenvalue weighted by Gasteiger charge is 2.52. The van der Waals surface area contributed by atoms with Gasteiger partial charge in [-0.1, -0.05) is 60.7 Å². The second-order valence-corrected chi connectivity index (χ2v) is 7.10. The van der Waals surface area contributed by atoms with Crippen LogP contribution in [-0.2, 0) is 21.5 Å². The molecular formula is C21H21N3O3. The number of carbonyl (C=O) groups is 3. The zero-order valence-electron chi connectivity index (χ0n) is 14.9. The molecule has 1 saturated heterocycles. The molecule has 27 heavy (non-hydrogen) atoms. The van der Waals surface area contributed by atoms with Crippen LogP contribution in [0.3, 0.4) is 0 Å². The summed E-state index contributed by atoms with van der Waals surface area (Å²) in [4.78, 5) is 39.1. The molecule has 0 aromatic heterocycles. The second kappa shape index (κ2) is 6.87. The fourth-order valence-electron chi connectivity index (χ4n) is 3.46. The molecule has 4 rings (SSSR count). The van der Waals surface area contributed by atoms with Gasteiger partial charge >= 0.3 is 6.03 Å². The molecule has 2 aliphatic rings. The first kappa shape index (κ1) is 17.3. The predicted molar refractivity (Wildman–Crippen MR) is 99.7 cm³/mol. The summed E-state index contributed by atoms with van der Waals surface area (Å²) in [6.07, 6.45) is 2.23. The molecular weight excluding hydrogens is 342 g/mol. The molecule has 4 amide bonds. The van der Waals surface area contributed by atoms with Crippen molar-refractivity contribution in [1.82, 2.24) is 15.5 Å². The lowest BCUT2D eigenvalue weighted by Gasteiger charge is -2.27. The molecule has 1 saturated carbocycles. The first-order chi connectivity index (χ1) is 13.1. The van der Waals surface area contributed by atoms with Crippen LogP contribution >= 0.6 is 0 Å². The lowest BCUT2D eigenvalue weighted by atomic mass is 9.83. The summed E-state index contributed by atoms with van der Waals surface area (Å²) < 4.78 is 0. The van der Waals surface area contributed by atoms with Crippen molar-refractivity contribution in [3.05, 3.63) is 71.8 Å². The summed E-state index contributed by atoms with van der Waals surface area (Å²) in [5.74, 6) is -0.696. The molecule has 6 heteroatoms. The molecule has 138 valence electrons. The molecule has 0 radical (unpaired) electrons. The van der Waals surface area contributed by atoms with Gasteiger partial charge in [0.2, 0.25) is 5.91 Å². The third kappa shape index (κ3) is 3.43. The summed E-state index contributed by atoms with van der Waals surface area (Å²) in [6, 6.07) is 18.4. The predicted octanol–water partition coefficient (Wildman–Crippen LogP) is 1.95. The third-order valence-electron chi connectivity index (χ3n) is 5.00. The molecule has 0 bridgehead atoms. The average molecular weight is 363 g/mol. The second-order valence-electron chi connectivity index (χ2n) is 7.10. The minimum absolute atomic E-state index is 0.182. The van der Waals surface area contributed by atoms with Gasteiger partial charge in [0.1, 0.15) is 6.54 Å². The highest BCUT2D eigenvalue weighted by atomic mass is 16.2. The number of nitrogens with zero attached hydrogens (tertiary/aromatic N) is 1. The number of rotatable bonds is 6. The maximum atomic E-state index is 13.3. The Bertz CT molecular complexity index is 865. The maximum absolute atomic E-state index is 13.3. The van der Waals surface area contributed by atoms with E-state index in [9.17, 15) is 14.4 Å². The van der Waals surface area contributed by atoms with Gasteiger partial charge in [0.25, 0.3) is 5.91 Å². The minimum Gasteiger partial charge on any atom is -0.352 e. The molecule has 0 unspecified atom stereocenters. The minimum atomic E-state index is -1.21. The van der Waals surface area contributed by atoms with Crippen LogP contribution in [0.5, 0.6) is 0 Å². The van der Waals surface area contributed by atoms with Gasteiger partial charge in [-0.25, -0.2) is 4.79 Å². The largest absolute Gasteiger partial charge is 0.352 e. The normalized spacial score (nSPS) is 21.9. The summed E-state index contributed by atoms with van der Waals surface area (Å²) in [7, 11) is 0. The molecule has 2 aromatic rings. The number of benzene rings is 2. The van der Waals surface area contributed by atoms with Gasteiger partial charge in [-0.05, 0) is 24.0 Å². The van der Waals surface area contributed by atoms with Gasteiger partial charge in [-0.2, -0.15) is 0 Å². The van der Waals surface area contributed by atoms with Crippen molar-refractivity contribution in [2.45, 2.75) is 30.8 Å². The Morgan fingerprint density at radius 3 is 2.30 bits per heavy atom. The first-order valence-corrected chi connectivity index (χ1v) is 9.11. The van der Waals surface area contributed by atoms with Crippen molar-refractivity contribution in [1.29, 1.82) is 0 Å². The van der Waals surface area contributed by atoms with Crippen molar-refractivity contribution in [2.75, 3.05) is 6.54 Å². The van der Waals surface area contributed by atoms with E-state index in [1.54, 1.807) is 0 Å². The topological polar surface area (TPSA) is 78.5 Å². The van der Waals surface area contributed by atoms with E-state index in [0.717, 1.165) is 23.3 Å².